The van der Waals surface area contributed by atoms with Crippen molar-refractivity contribution in [1.82, 2.24) is 25.1 Å². The minimum atomic E-state index is -0.354. The summed E-state index contributed by atoms with van der Waals surface area (Å²) >= 11 is 1.33. The second-order valence-electron chi connectivity index (χ2n) is 7.80. The number of nitrogens with one attached hydrogen (secondary N) is 1. The normalized spacial score (nSPS) is 15.6. The van der Waals surface area contributed by atoms with Crippen LogP contribution in [0.3, 0.4) is 0 Å². The molecule has 8 nitrogen and oxygen atoms in total. The van der Waals surface area contributed by atoms with Crippen LogP contribution in [0.2, 0.25) is 0 Å². The number of aromatic nitrogens is 4. The van der Waals surface area contributed by atoms with Gasteiger partial charge in [-0.05, 0) is 67.7 Å². The van der Waals surface area contributed by atoms with Crippen LogP contribution in [-0.4, -0.2) is 69.5 Å². The summed E-state index contributed by atoms with van der Waals surface area (Å²) in [5.41, 5.74) is 4.00. The molecular weight excluding hydrogens is 410 g/mol. The average Bonchev–Trinajstić information content (AvgIpc) is 3.23. The second-order valence-corrected chi connectivity index (χ2v) is 9.10. The van der Waals surface area contributed by atoms with Crippen molar-refractivity contribution < 1.29 is 4.79 Å². The van der Waals surface area contributed by atoms with E-state index in [9.17, 15) is 4.79 Å². The highest BCUT2D eigenvalue weighted by molar-refractivity contribution is 8.00. The largest absolute Gasteiger partial charge is 0.369 e. The third-order valence-corrected chi connectivity index (χ3v) is 6.41. The molecule has 0 saturated carbocycles. The van der Waals surface area contributed by atoms with E-state index in [4.69, 9.17) is 0 Å². The zero-order chi connectivity index (χ0) is 21.8. The Morgan fingerprint density at radius 1 is 1.00 bits per heavy atom. The van der Waals surface area contributed by atoms with Gasteiger partial charge in [0.2, 0.25) is 11.1 Å². The number of nitrogens with zero attached hydrogens (tertiary/aromatic N) is 6. The second kappa shape index (κ2) is 9.49. The molecule has 31 heavy (non-hydrogen) atoms. The van der Waals surface area contributed by atoms with Crippen molar-refractivity contribution in [2.45, 2.75) is 24.3 Å². The number of carbonyl (C=O) groups is 1. The topological polar surface area (TPSA) is 79.2 Å². The van der Waals surface area contributed by atoms with Crippen LogP contribution in [0.4, 0.5) is 11.4 Å². The third kappa shape index (κ3) is 5.23. The lowest BCUT2D eigenvalue weighted by molar-refractivity contribution is -0.115. The van der Waals surface area contributed by atoms with E-state index in [0.29, 0.717) is 5.16 Å². The molecule has 1 atom stereocenters. The Labute approximate surface area is 186 Å². The molecule has 1 saturated heterocycles. The first-order chi connectivity index (χ1) is 15.0. The average molecular weight is 438 g/mol. The van der Waals surface area contributed by atoms with Gasteiger partial charge in [0.15, 0.2) is 0 Å². The Kier molecular flexibility index (Phi) is 6.53. The van der Waals surface area contributed by atoms with Crippen molar-refractivity contribution in [1.29, 1.82) is 0 Å². The number of rotatable bonds is 6. The summed E-state index contributed by atoms with van der Waals surface area (Å²) in [6.07, 6.45) is 0. The molecule has 162 valence electrons. The first-order valence-electron chi connectivity index (χ1n) is 10.4. The summed E-state index contributed by atoms with van der Waals surface area (Å²) in [6, 6.07) is 16.0. The Bertz CT molecular complexity index is 1010. The lowest BCUT2D eigenvalue weighted by Crippen LogP contribution is -2.44. The zero-order valence-electron chi connectivity index (χ0n) is 18.0. The van der Waals surface area contributed by atoms with Gasteiger partial charge in [0.25, 0.3) is 0 Å². The van der Waals surface area contributed by atoms with Gasteiger partial charge in [-0.3, -0.25) is 4.79 Å². The molecule has 1 N–H and O–H groups in total. The molecule has 0 aliphatic carbocycles. The van der Waals surface area contributed by atoms with Gasteiger partial charge < -0.3 is 15.1 Å². The summed E-state index contributed by atoms with van der Waals surface area (Å²) < 4.78 is 1.65. The number of benzene rings is 2. The van der Waals surface area contributed by atoms with Crippen molar-refractivity contribution in [2.75, 3.05) is 43.4 Å². The summed E-state index contributed by atoms with van der Waals surface area (Å²) in [5.74, 6) is -0.0872. The highest BCUT2D eigenvalue weighted by Gasteiger charge is 2.20. The fourth-order valence-electron chi connectivity index (χ4n) is 3.38. The van der Waals surface area contributed by atoms with Crippen molar-refractivity contribution in [3.8, 4) is 5.69 Å². The van der Waals surface area contributed by atoms with E-state index < -0.39 is 0 Å². The number of anilines is 2. The van der Waals surface area contributed by atoms with Crippen LogP contribution in [0.15, 0.2) is 53.7 Å². The minimum Gasteiger partial charge on any atom is -0.369 e. The zero-order valence-corrected chi connectivity index (χ0v) is 18.8. The highest BCUT2D eigenvalue weighted by atomic mass is 32.2. The number of thioether (sulfide) groups is 1. The van der Waals surface area contributed by atoms with Crippen molar-refractivity contribution in [2.24, 2.45) is 0 Å². The van der Waals surface area contributed by atoms with Gasteiger partial charge in [-0.2, -0.15) is 4.68 Å². The maximum absolute atomic E-state index is 12.7. The van der Waals surface area contributed by atoms with E-state index in [-0.39, 0.29) is 11.2 Å². The van der Waals surface area contributed by atoms with E-state index in [1.807, 2.05) is 50.2 Å². The molecular formula is C22H27N7OS. The third-order valence-electron chi connectivity index (χ3n) is 5.37. The first-order valence-corrected chi connectivity index (χ1v) is 11.2. The molecule has 1 amide bonds. The van der Waals surface area contributed by atoms with Crippen molar-refractivity contribution >= 4 is 29.0 Å². The highest BCUT2D eigenvalue weighted by Crippen LogP contribution is 2.25. The molecule has 1 aliphatic heterocycles. The Morgan fingerprint density at radius 3 is 2.32 bits per heavy atom. The molecule has 1 aromatic heterocycles. The van der Waals surface area contributed by atoms with E-state index in [0.717, 1.165) is 43.1 Å². The summed E-state index contributed by atoms with van der Waals surface area (Å²) in [5, 5.41) is 15.2. The van der Waals surface area contributed by atoms with E-state index in [1.165, 1.54) is 17.4 Å². The molecule has 1 aliphatic rings. The fraction of sp³-hybridized carbons (Fsp3) is 0.364. The molecule has 9 heteroatoms. The number of amides is 1. The van der Waals surface area contributed by atoms with Gasteiger partial charge >= 0.3 is 0 Å². The van der Waals surface area contributed by atoms with Crippen LogP contribution < -0.4 is 10.2 Å². The number of likely N-dealkylation sites (N-methyl/N-ethyl adjacent to an activating group) is 1. The van der Waals surface area contributed by atoms with Crippen LogP contribution in [-0.2, 0) is 4.79 Å². The fourth-order valence-corrected chi connectivity index (χ4v) is 4.18. The molecule has 0 bridgehead atoms. The first kappa shape index (κ1) is 21.3. The summed E-state index contributed by atoms with van der Waals surface area (Å²) in [4.78, 5) is 17.4. The molecule has 0 radical (unpaired) electrons. The van der Waals surface area contributed by atoms with Crippen LogP contribution in [0, 0.1) is 6.92 Å². The van der Waals surface area contributed by atoms with Gasteiger partial charge in [0.05, 0.1) is 10.9 Å². The monoisotopic (exact) mass is 437 g/mol. The number of carbonyl (C=O) groups excluding carboxylic acids is 1. The number of hydrogen-bond donors (Lipinski definition) is 1. The maximum atomic E-state index is 12.7. The smallest absolute Gasteiger partial charge is 0.237 e. The minimum absolute atomic E-state index is 0.0872. The number of piperazine rings is 1. The SMILES string of the molecule is Cc1ccc(-n2nnnc2SC(C)C(=O)Nc2ccc(N3CCN(C)CC3)cc2)cc1. The maximum Gasteiger partial charge on any atom is 0.237 e. The Balaban J connectivity index is 1.36. The Morgan fingerprint density at radius 2 is 1.65 bits per heavy atom. The summed E-state index contributed by atoms with van der Waals surface area (Å²) in [7, 11) is 2.15. The predicted octanol–water partition coefficient (Wildman–Crippen LogP) is 2.84. The molecule has 1 unspecified atom stereocenters. The molecule has 1 fully saturated rings. The molecule has 4 rings (SSSR count). The van der Waals surface area contributed by atoms with Gasteiger partial charge in [-0.1, -0.05) is 29.5 Å². The van der Waals surface area contributed by atoms with Gasteiger partial charge in [-0.15, -0.1) is 5.10 Å². The van der Waals surface area contributed by atoms with Gasteiger partial charge in [0, 0.05) is 37.6 Å². The van der Waals surface area contributed by atoms with Gasteiger partial charge in [-0.25, -0.2) is 0 Å². The number of tetrazole rings is 1. The lowest BCUT2D eigenvalue weighted by Gasteiger charge is -2.34. The van der Waals surface area contributed by atoms with Crippen LogP contribution in [0.1, 0.15) is 12.5 Å². The van der Waals surface area contributed by atoms with Crippen molar-refractivity contribution in [3.05, 3.63) is 54.1 Å². The molecule has 2 aromatic carbocycles. The molecule has 0 spiro atoms. The van der Waals surface area contributed by atoms with E-state index in [1.54, 1.807) is 4.68 Å². The molecule has 2 heterocycles. The quantitative estimate of drug-likeness (QED) is 0.594. The van der Waals surface area contributed by atoms with Gasteiger partial charge in [0.1, 0.15) is 0 Å². The number of aryl methyl sites for hydroxylation is 1. The molecule has 3 aromatic rings. The summed E-state index contributed by atoms with van der Waals surface area (Å²) in [6.45, 7) is 8.05. The van der Waals surface area contributed by atoms with Crippen molar-refractivity contribution in [3.63, 3.8) is 0 Å². The van der Waals surface area contributed by atoms with Crippen LogP contribution in [0.25, 0.3) is 5.69 Å². The predicted molar refractivity (Wildman–Crippen MR) is 124 cm³/mol. The Hall–Kier alpha value is -2.91. The van der Waals surface area contributed by atoms with Crippen LogP contribution >= 0.6 is 11.8 Å². The lowest BCUT2D eigenvalue weighted by atomic mass is 10.2. The van der Waals surface area contributed by atoms with Crippen LogP contribution in [0.5, 0.6) is 0 Å². The number of hydrogen-bond acceptors (Lipinski definition) is 7. The van der Waals surface area contributed by atoms with E-state index in [2.05, 4.69) is 49.8 Å². The van der Waals surface area contributed by atoms with E-state index >= 15 is 0 Å². The standard InChI is InChI=1S/C22H27N7OS/c1-16-4-8-20(9-5-16)29-22(24-25-26-29)31-17(2)21(30)23-18-6-10-19(11-7-18)28-14-12-27(3)13-15-28/h4-11,17H,12-15H2,1-3H3,(H,23,30).